The highest BCUT2D eigenvalue weighted by molar-refractivity contribution is 4.97. The van der Waals surface area contributed by atoms with Crippen LogP contribution < -0.4 is 5.73 Å². The molecule has 0 amide bonds. The van der Waals surface area contributed by atoms with E-state index in [4.69, 9.17) is 5.73 Å². The lowest BCUT2D eigenvalue weighted by molar-refractivity contribution is -0.00317. The van der Waals surface area contributed by atoms with E-state index < -0.39 is 0 Å². The third kappa shape index (κ3) is 4.00. The minimum atomic E-state index is 0.299. The topological polar surface area (TPSA) is 32.5 Å². The first-order chi connectivity index (χ1) is 9.91. The summed E-state index contributed by atoms with van der Waals surface area (Å²) in [5.74, 6) is 0.939. The third-order valence-corrected chi connectivity index (χ3v) is 6.13. The Morgan fingerprint density at radius 3 is 2.24 bits per heavy atom. The van der Waals surface area contributed by atoms with Gasteiger partial charge in [0.2, 0.25) is 0 Å². The summed E-state index contributed by atoms with van der Waals surface area (Å²) in [4.78, 5) is 5.37. The van der Waals surface area contributed by atoms with Crippen molar-refractivity contribution in [2.45, 2.75) is 77.3 Å². The van der Waals surface area contributed by atoms with Crippen molar-refractivity contribution >= 4 is 0 Å². The van der Waals surface area contributed by atoms with E-state index >= 15 is 0 Å². The summed E-state index contributed by atoms with van der Waals surface area (Å²) < 4.78 is 0. The molecule has 1 saturated carbocycles. The zero-order chi connectivity index (χ0) is 15.5. The van der Waals surface area contributed by atoms with Gasteiger partial charge in [0.25, 0.3) is 0 Å². The van der Waals surface area contributed by atoms with Gasteiger partial charge in [-0.15, -0.1) is 0 Å². The summed E-state index contributed by atoms with van der Waals surface area (Å²) in [6, 6.07) is 0. The number of rotatable bonds is 3. The molecule has 2 fully saturated rings. The second kappa shape index (κ2) is 6.97. The van der Waals surface area contributed by atoms with Gasteiger partial charge < -0.3 is 5.73 Å². The average molecular weight is 296 g/mol. The van der Waals surface area contributed by atoms with Crippen LogP contribution in [0.5, 0.6) is 0 Å². The van der Waals surface area contributed by atoms with Crippen LogP contribution >= 0.6 is 0 Å². The molecular formula is C18H37N3. The molecule has 3 nitrogen and oxygen atoms in total. The fourth-order valence-electron chi connectivity index (χ4n) is 4.37. The molecule has 0 radical (unpaired) electrons. The van der Waals surface area contributed by atoms with Crippen LogP contribution in [0, 0.1) is 5.92 Å². The minimum absolute atomic E-state index is 0.299. The first-order valence-electron chi connectivity index (χ1n) is 9.11. The Kier molecular flexibility index (Phi) is 5.72. The molecule has 21 heavy (non-hydrogen) atoms. The van der Waals surface area contributed by atoms with Gasteiger partial charge in [0.1, 0.15) is 0 Å². The second-order valence-electron chi connectivity index (χ2n) is 8.28. The van der Waals surface area contributed by atoms with E-state index in [1.54, 1.807) is 0 Å². The van der Waals surface area contributed by atoms with Gasteiger partial charge in [0, 0.05) is 43.8 Å². The molecule has 124 valence electrons. The van der Waals surface area contributed by atoms with Crippen molar-refractivity contribution in [2.24, 2.45) is 11.7 Å². The number of nitrogens with zero attached hydrogens (tertiary/aromatic N) is 2. The molecule has 2 N–H and O–H groups in total. The quantitative estimate of drug-likeness (QED) is 0.812. The highest BCUT2D eigenvalue weighted by atomic mass is 15.3. The number of piperazine rings is 1. The Bertz CT molecular complexity index is 315. The lowest BCUT2D eigenvalue weighted by Crippen LogP contribution is -2.62. The summed E-state index contributed by atoms with van der Waals surface area (Å²) in [6.07, 6.45) is 8.15. The van der Waals surface area contributed by atoms with Crippen molar-refractivity contribution in [1.82, 2.24) is 9.80 Å². The van der Waals surface area contributed by atoms with Gasteiger partial charge in [-0.05, 0) is 46.0 Å². The van der Waals surface area contributed by atoms with Crippen molar-refractivity contribution in [3.05, 3.63) is 0 Å². The maximum absolute atomic E-state index is 6.29. The van der Waals surface area contributed by atoms with E-state index in [1.807, 2.05) is 0 Å². The molecule has 2 aliphatic rings. The largest absolute Gasteiger partial charge is 0.329 e. The van der Waals surface area contributed by atoms with Crippen LogP contribution in [0.2, 0.25) is 0 Å². The van der Waals surface area contributed by atoms with E-state index in [0.29, 0.717) is 11.1 Å². The molecule has 3 heteroatoms. The first-order valence-corrected chi connectivity index (χ1v) is 9.11. The van der Waals surface area contributed by atoms with Gasteiger partial charge in [-0.2, -0.15) is 0 Å². The SMILES string of the molecule is CCC1CCCC(CN)(N2CCN(C(C)(C)C)CC2)CC1. The maximum atomic E-state index is 6.29. The molecule has 1 aliphatic carbocycles. The molecule has 1 heterocycles. The van der Waals surface area contributed by atoms with Crippen LogP contribution in [0.25, 0.3) is 0 Å². The van der Waals surface area contributed by atoms with E-state index in [1.165, 1.54) is 64.7 Å². The monoisotopic (exact) mass is 295 g/mol. The predicted molar refractivity (Wildman–Crippen MR) is 91.6 cm³/mol. The smallest absolute Gasteiger partial charge is 0.0332 e. The number of hydrogen-bond donors (Lipinski definition) is 1. The fourth-order valence-corrected chi connectivity index (χ4v) is 4.37. The van der Waals surface area contributed by atoms with Crippen molar-refractivity contribution in [1.29, 1.82) is 0 Å². The molecule has 2 unspecified atom stereocenters. The predicted octanol–water partition coefficient (Wildman–Crippen LogP) is 3.09. The minimum Gasteiger partial charge on any atom is -0.329 e. The lowest BCUT2D eigenvalue weighted by Gasteiger charge is -2.50. The fraction of sp³-hybridized carbons (Fsp3) is 1.00. The highest BCUT2D eigenvalue weighted by Crippen LogP contribution is 2.36. The van der Waals surface area contributed by atoms with Crippen LogP contribution in [-0.4, -0.2) is 53.6 Å². The molecule has 1 aliphatic heterocycles. The van der Waals surface area contributed by atoms with Gasteiger partial charge >= 0.3 is 0 Å². The second-order valence-corrected chi connectivity index (χ2v) is 8.28. The lowest BCUT2D eigenvalue weighted by atomic mass is 9.86. The van der Waals surface area contributed by atoms with Crippen molar-refractivity contribution in [3.8, 4) is 0 Å². The van der Waals surface area contributed by atoms with Gasteiger partial charge in [-0.25, -0.2) is 0 Å². The Morgan fingerprint density at radius 1 is 1.05 bits per heavy atom. The maximum Gasteiger partial charge on any atom is 0.0332 e. The van der Waals surface area contributed by atoms with E-state index in [-0.39, 0.29) is 0 Å². The summed E-state index contributed by atoms with van der Waals surface area (Å²) in [6.45, 7) is 15.0. The summed E-state index contributed by atoms with van der Waals surface area (Å²) in [5, 5.41) is 0. The Morgan fingerprint density at radius 2 is 1.71 bits per heavy atom. The summed E-state index contributed by atoms with van der Waals surface area (Å²) >= 11 is 0. The van der Waals surface area contributed by atoms with Gasteiger partial charge in [-0.3, -0.25) is 9.80 Å². The molecule has 0 bridgehead atoms. The van der Waals surface area contributed by atoms with Crippen LogP contribution in [0.4, 0.5) is 0 Å². The summed E-state index contributed by atoms with van der Waals surface area (Å²) in [7, 11) is 0. The normalized spacial score (nSPS) is 33.9. The van der Waals surface area contributed by atoms with Crippen LogP contribution in [0.15, 0.2) is 0 Å². The average Bonchev–Trinajstić information content (AvgIpc) is 2.69. The van der Waals surface area contributed by atoms with Gasteiger partial charge in [-0.1, -0.05) is 26.2 Å². The first kappa shape index (κ1) is 17.2. The molecule has 0 aromatic heterocycles. The molecular weight excluding hydrogens is 258 g/mol. The van der Waals surface area contributed by atoms with E-state index in [9.17, 15) is 0 Å². The van der Waals surface area contributed by atoms with Crippen molar-refractivity contribution in [2.75, 3.05) is 32.7 Å². The molecule has 2 atom stereocenters. The number of hydrogen-bond acceptors (Lipinski definition) is 3. The van der Waals surface area contributed by atoms with Crippen LogP contribution in [0.3, 0.4) is 0 Å². The van der Waals surface area contributed by atoms with Crippen molar-refractivity contribution < 1.29 is 0 Å². The van der Waals surface area contributed by atoms with Crippen LogP contribution in [-0.2, 0) is 0 Å². The zero-order valence-electron chi connectivity index (χ0n) is 14.8. The molecule has 2 rings (SSSR count). The standard InChI is InChI=1S/C18H37N3/c1-5-16-7-6-9-18(15-19,10-8-16)21-13-11-20(12-14-21)17(2,3)4/h16H,5-15,19H2,1-4H3. The van der Waals surface area contributed by atoms with E-state index in [0.717, 1.165) is 12.5 Å². The van der Waals surface area contributed by atoms with Crippen LogP contribution in [0.1, 0.15) is 66.2 Å². The Labute approximate surface area is 132 Å². The third-order valence-electron chi connectivity index (χ3n) is 6.13. The molecule has 0 spiro atoms. The van der Waals surface area contributed by atoms with E-state index in [2.05, 4.69) is 37.5 Å². The molecule has 1 saturated heterocycles. The zero-order valence-corrected chi connectivity index (χ0v) is 14.8. The Balaban J connectivity index is 1.98. The summed E-state index contributed by atoms with van der Waals surface area (Å²) in [5.41, 5.74) is 6.89. The number of nitrogens with two attached hydrogens (primary N) is 1. The Hall–Kier alpha value is -0.120. The van der Waals surface area contributed by atoms with Crippen molar-refractivity contribution in [3.63, 3.8) is 0 Å². The highest BCUT2D eigenvalue weighted by Gasteiger charge is 2.39. The van der Waals surface area contributed by atoms with Gasteiger partial charge in [0.15, 0.2) is 0 Å². The molecule has 0 aromatic rings. The molecule has 0 aromatic carbocycles. The van der Waals surface area contributed by atoms with Gasteiger partial charge in [0.05, 0.1) is 0 Å².